The molecule has 0 aromatic heterocycles. The van der Waals surface area contributed by atoms with Crippen LogP contribution in [0, 0.1) is 0 Å². The van der Waals surface area contributed by atoms with Crippen LogP contribution in [0.2, 0.25) is 0 Å². The quantitative estimate of drug-likeness (QED) is 0.821. The number of fused-ring (bicyclic) bond motifs is 1. The summed E-state index contributed by atoms with van der Waals surface area (Å²) in [5.41, 5.74) is 7.95. The van der Waals surface area contributed by atoms with Crippen LogP contribution in [0.3, 0.4) is 0 Å². The fourth-order valence-electron chi connectivity index (χ4n) is 2.26. The fourth-order valence-corrected chi connectivity index (χ4v) is 2.35. The molecule has 1 aliphatic heterocycles. The van der Waals surface area contributed by atoms with Crippen molar-refractivity contribution < 1.29 is 4.79 Å². The molecule has 4 nitrogen and oxygen atoms in total. The van der Waals surface area contributed by atoms with Gasteiger partial charge in [0.2, 0.25) is 5.91 Å². The van der Waals surface area contributed by atoms with Gasteiger partial charge >= 0.3 is 0 Å². The SMILES string of the molecule is CN(CCC(N)=S)C(=O)CN1CCc2ccccc21. The van der Waals surface area contributed by atoms with Crippen LogP contribution < -0.4 is 10.6 Å². The lowest BCUT2D eigenvalue weighted by Gasteiger charge is -2.23. The van der Waals surface area contributed by atoms with E-state index >= 15 is 0 Å². The Morgan fingerprint density at radius 2 is 2.21 bits per heavy atom. The number of thiocarbonyl (C=S) groups is 1. The van der Waals surface area contributed by atoms with E-state index in [1.165, 1.54) is 11.3 Å². The van der Waals surface area contributed by atoms with E-state index in [-0.39, 0.29) is 5.91 Å². The largest absolute Gasteiger partial charge is 0.393 e. The van der Waals surface area contributed by atoms with Crippen molar-refractivity contribution in [1.82, 2.24) is 4.90 Å². The summed E-state index contributed by atoms with van der Waals surface area (Å²) in [6, 6.07) is 8.25. The molecule has 0 saturated carbocycles. The van der Waals surface area contributed by atoms with E-state index in [1.807, 2.05) is 12.1 Å². The van der Waals surface area contributed by atoms with Crippen LogP contribution in [0.15, 0.2) is 24.3 Å². The number of rotatable bonds is 5. The number of hydrogen-bond acceptors (Lipinski definition) is 3. The molecule has 0 saturated heterocycles. The Morgan fingerprint density at radius 1 is 1.47 bits per heavy atom. The molecule has 1 amide bonds. The highest BCUT2D eigenvalue weighted by atomic mass is 32.1. The van der Waals surface area contributed by atoms with Crippen LogP contribution in [0.4, 0.5) is 5.69 Å². The second-order valence-corrected chi connectivity index (χ2v) is 5.36. The molecule has 0 atom stereocenters. The van der Waals surface area contributed by atoms with E-state index in [4.69, 9.17) is 18.0 Å². The van der Waals surface area contributed by atoms with Crippen LogP contribution in [0.1, 0.15) is 12.0 Å². The van der Waals surface area contributed by atoms with Crippen molar-refractivity contribution in [1.29, 1.82) is 0 Å². The molecule has 0 aliphatic carbocycles. The summed E-state index contributed by atoms with van der Waals surface area (Å²) < 4.78 is 0. The highest BCUT2D eigenvalue weighted by Crippen LogP contribution is 2.26. The maximum Gasteiger partial charge on any atom is 0.241 e. The molecule has 0 spiro atoms. The summed E-state index contributed by atoms with van der Waals surface area (Å²) in [4.78, 5) is 16.4. The van der Waals surface area contributed by atoms with E-state index in [9.17, 15) is 4.79 Å². The van der Waals surface area contributed by atoms with Crippen molar-refractivity contribution in [2.45, 2.75) is 12.8 Å². The molecule has 1 aliphatic rings. The van der Waals surface area contributed by atoms with Gasteiger partial charge in [-0.05, 0) is 18.1 Å². The number of anilines is 1. The average Bonchev–Trinajstić information content (AvgIpc) is 2.79. The molecular weight excluding hydrogens is 258 g/mol. The van der Waals surface area contributed by atoms with Gasteiger partial charge in [0.1, 0.15) is 0 Å². The maximum absolute atomic E-state index is 12.1. The van der Waals surface area contributed by atoms with E-state index in [0.717, 1.165) is 13.0 Å². The molecule has 0 fully saturated rings. The Labute approximate surface area is 119 Å². The number of nitrogens with two attached hydrogens (primary N) is 1. The van der Waals surface area contributed by atoms with E-state index in [2.05, 4.69) is 17.0 Å². The number of hydrogen-bond donors (Lipinski definition) is 1. The van der Waals surface area contributed by atoms with Crippen LogP contribution in [0.25, 0.3) is 0 Å². The average molecular weight is 277 g/mol. The van der Waals surface area contributed by atoms with Gasteiger partial charge in [0.25, 0.3) is 0 Å². The minimum atomic E-state index is 0.105. The fraction of sp³-hybridized carbons (Fsp3) is 0.429. The lowest BCUT2D eigenvalue weighted by atomic mass is 10.2. The molecule has 2 rings (SSSR count). The summed E-state index contributed by atoms with van der Waals surface area (Å²) in [7, 11) is 1.79. The number of amides is 1. The summed E-state index contributed by atoms with van der Waals surface area (Å²) in [6.45, 7) is 1.92. The van der Waals surface area contributed by atoms with Crippen LogP contribution in [0.5, 0.6) is 0 Å². The van der Waals surface area contributed by atoms with Gasteiger partial charge in [0.15, 0.2) is 0 Å². The molecular formula is C14H19N3OS. The third-order valence-corrected chi connectivity index (χ3v) is 3.63. The lowest BCUT2D eigenvalue weighted by Crippen LogP contribution is -2.38. The van der Waals surface area contributed by atoms with Gasteiger partial charge in [-0.15, -0.1) is 0 Å². The lowest BCUT2D eigenvalue weighted by molar-refractivity contribution is -0.128. The monoisotopic (exact) mass is 277 g/mol. The van der Waals surface area contributed by atoms with E-state index < -0.39 is 0 Å². The minimum absolute atomic E-state index is 0.105. The molecule has 0 unspecified atom stereocenters. The zero-order valence-corrected chi connectivity index (χ0v) is 11.9. The number of nitrogens with zero attached hydrogens (tertiary/aromatic N) is 2. The first-order valence-electron chi connectivity index (χ1n) is 6.43. The molecule has 2 N–H and O–H groups in total. The smallest absolute Gasteiger partial charge is 0.241 e. The first-order chi connectivity index (χ1) is 9.08. The number of carbonyl (C=O) groups excluding carboxylic acids is 1. The normalized spacial score (nSPS) is 13.2. The first-order valence-corrected chi connectivity index (χ1v) is 6.84. The second kappa shape index (κ2) is 6.02. The summed E-state index contributed by atoms with van der Waals surface area (Å²) in [5, 5.41) is 0. The van der Waals surface area contributed by atoms with Gasteiger partial charge in [-0.1, -0.05) is 30.4 Å². The Bertz CT molecular complexity index is 489. The number of likely N-dealkylation sites (N-methyl/N-ethyl adjacent to an activating group) is 1. The predicted molar refractivity (Wildman–Crippen MR) is 81.4 cm³/mol. The summed E-state index contributed by atoms with van der Waals surface area (Å²) >= 11 is 4.83. The topological polar surface area (TPSA) is 49.6 Å². The van der Waals surface area contributed by atoms with Crippen LogP contribution in [-0.2, 0) is 11.2 Å². The predicted octanol–water partition coefficient (Wildman–Crippen LogP) is 1.18. The van der Waals surface area contributed by atoms with E-state index in [0.29, 0.717) is 24.5 Å². The third kappa shape index (κ3) is 3.44. The standard InChI is InChI=1S/C14H19N3OS/c1-16(8-7-13(15)19)14(18)10-17-9-6-11-4-2-3-5-12(11)17/h2-5H,6-10H2,1H3,(H2,15,19). The van der Waals surface area contributed by atoms with Gasteiger partial charge in [-0.25, -0.2) is 0 Å². The van der Waals surface area contributed by atoms with Gasteiger partial charge < -0.3 is 15.5 Å². The van der Waals surface area contributed by atoms with Crippen molar-refractivity contribution in [3.8, 4) is 0 Å². The zero-order valence-electron chi connectivity index (χ0n) is 11.1. The zero-order chi connectivity index (χ0) is 13.8. The first kappa shape index (κ1) is 13.8. The molecule has 0 bridgehead atoms. The van der Waals surface area contributed by atoms with Gasteiger partial charge in [0, 0.05) is 32.2 Å². The molecule has 102 valence electrons. The van der Waals surface area contributed by atoms with Gasteiger partial charge in [0.05, 0.1) is 11.5 Å². The van der Waals surface area contributed by atoms with Gasteiger partial charge in [-0.3, -0.25) is 4.79 Å². The Balaban J connectivity index is 1.92. The summed E-state index contributed by atoms with van der Waals surface area (Å²) in [6.07, 6.45) is 1.59. The third-order valence-electron chi connectivity index (χ3n) is 3.43. The molecule has 1 heterocycles. The molecule has 5 heteroatoms. The van der Waals surface area contributed by atoms with Crippen molar-refractivity contribution >= 4 is 28.8 Å². The second-order valence-electron chi connectivity index (χ2n) is 4.83. The molecule has 1 aromatic carbocycles. The number of para-hydroxylation sites is 1. The summed E-state index contributed by atoms with van der Waals surface area (Å²) in [5.74, 6) is 0.105. The van der Waals surface area contributed by atoms with Gasteiger partial charge in [-0.2, -0.15) is 0 Å². The van der Waals surface area contributed by atoms with Crippen LogP contribution in [-0.4, -0.2) is 42.5 Å². The number of carbonyl (C=O) groups is 1. The molecule has 1 aromatic rings. The molecule has 0 radical (unpaired) electrons. The highest BCUT2D eigenvalue weighted by Gasteiger charge is 2.21. The van der Waals surface area contributed by atoms with Crippen molar-refractivity contribution in [2.75, 3.05) is 31.6 Å². The molecule has 19 heavy (non-hydrogen) atoms. The van der Waals surface area contributed by atoms with Crippen LogP contribution >= 0.6 is 12.2 Å². The Kier molecular flexibility index (Phi) is 4.37. The highest BCUT2D eigenvalue weighted by molar-refractivity contribution is 7.80. The van der Waals surface area contributed by atoms with E-state index in [1.54, 1.807) is 11.9 Å². The van der Waals surface area contributed by atoms with Crippen molar-refractivity contribution in [2.24, 2.45) is 5.73 Å². The Hall–Kier alpha value is -1.62. The Morgan fingerprint density at radius 3 is 2.95 bits per heavy atom. The van der Waals surface area contributed by atoms with Crippen molar-refractivity contribution in [3.05, 3.63) is 29.8 Å². The maximum atomic E-state index is 12.1. The minimum Gasteiger partial charge on any atom is -0.393 e. The number of benzene rings is 1. The van der Waals surface area contributed by atoms with Crippen molar-refractivity contribution in [3.63, 3.8) is 0 Å².